The third kappa shape index (κ3) is 9.11. The van der Waals surface area contributed by atoms with Gasteiger partial charge in [0.15, 0.2) is 5.96 Å². The second kappa shape index (κ2) is 11.3. The fraction of sp³-hybridized carbons (Fsp3) is 0.889. The fourth-order valence-electron chi connectivity index (χ4n) is 2.65. The quantitative estimate of drug-likeness (QED) is 0.287. The highest BCUT2D eigenvalue weighted by Gasteiger charge is 2.20. The minimum Gasteiger partial charge on any atom is -0.376 e. The number of nitrogens with one attached hydrogen (secondary N) is 3. The molecule has 0 atom stereocenters. The van der Waals surface area contributed by atoms with E-state index < -0.39 is 0 Å². The zero-order chi connectivity index (χ0) is 17.8. The van der Waals surface area contributed by atoms with Gasteiger partial charge in [-0.05, 0) is 12.8 Å². The van der Waals surface area contributed by atoms with Crippen molar-refractivity contribution < 1.29 is 9.53 Å². The van der Waals surface area contributed by atoms with E-state index in [1.807, 2.05) is 20.8 Å². The molecular weight excluding hydrogens is 304 g/mol. The van der Waals surface area contributed by atoms with Crippen molar-refractivity contribution in [2.45, 2.75) is 65.4 Å². The van der Waals surface area contributed by atoms with Crippen LogP contribution in [-0.2, 0) is 9.53 Å². The minimum absolute atomic E-state index is 0.0593. The molecule has 6 heteroatoms. The summed E-state index contributed by atoms with van der Waals surface area (Å²) < 4.78 is 5.95. The molecule has 1 rings (SSSR count). The standard InChI is InChI=1S/C18H36N4O2/c1-18(2,3)16(23)20-11-12-21-17(19-4)22-13-14-24-15-9-7-5-6-8-10-15/h15H,5-14H2,1-4H3,(H,20,23)(H2,19,21,22). The molecule has 0 spiro atoms. The normalized spacial score (nSPS) is 17.2. The van der Waals surface area contributed by atoms with E-state index in [0.717, 1.165) is 12.5 Å². The smallest absolute Gasteiger partial charge is 0.225 e. The number of hydrogen-bond acceptors (Lipinski definition) is 3. The highest BCUT2D eigenvalue weighted by molar-refractivity contribution is 5.81. The summed E-state index contributed by atoms with van der Waals surface area (Å²) in [5, 5.41) is 9.35. The molecule has 1 aliphatic carbocycles. The number of hydrogen-bond donors (Lipinski definition) is 3. The highest BCUT2D eigenvalue weighted by atomic mass is 16.5. The van der Waals surface area contributed by atoms with E-state index >= 15 is 0 Å². The lowest BCUT2D eigenvalue weighted by Crippen LogP contribution is -2.44. The molecule has 0 radical (unpaired) electrons. The molecule has 24 heavy (non-hydrogen) atoms. The lowest BCUT2D eigenvalue weighted by Gasteiger charge is -2.19. The first-order valence-corrected chi connectivity index (χ1v) is 9.28. The average Bonchev–Trinajstić information content (AvgIpc) is 2.81. The van der Waals surface area contributed by atoms with Gasteiger partial charge in [0.1, 0.15) is 0 Å². The number of amides is 1. The third-order valence-corrected chi connectivity index (χ3v) is 4.16. The van der Waals surface area contributed by atoms with Crippen molar-refractivity contribution in [1.29, 1.82) is 0 Å². The summed E-state index contributed by atoms with van der Waals surface area (Å²) in [6, 6.07) is 0. The van der Waals surface area contributed by atoms with Gasteiger partial charge in [-0.2, -0.15) is 0 Å². The van der Waals surface area contributed by atoms with E-state index in [0.29, 0.717) is 25.8 Å². The zero-order valence-electron chi connectivity index (χ0n) is 15.9. The summed E-state index contributed by atoms with van der Waals surface area (Å²) >= 11 is 0. The van der Waals surface area contributed by atoms with Crippen LogP contribution >= 0.6 is 0 Å². The summed E-state index contributed by atoms with van der Waals surface area (Å²) in [6.45, 7) is 8.39. The van der Waals surface area contributed by atoms with Gasteiger partial charge in [0.2, 0.25) is 5.91 Å². The van der Waals surface area contributed by atoms with Crippen LogP contribution in [0.4, 0.5) is 0 Å². The van der Waals surface area contributed by atoms with Gasteiger partial charge in [-0.25, -0.2) is 0 Å². The Kier molecular flexibility index (Phi) is 9.76. The Morgan fingerprint density at radius 2 is 1.58 bits per heavy atom. The van der Waals surface area contributed by atoms with Gasteiger partial charge in [-0.3, -0.25) is 9.79 Å². The van der Waals surface area contributed by atoms with Gasteiger partial charge in [-0.1, -0.05) is 46.5 Å². The molecule has 1 aliphatic rings. The molecule has 0 aromatic heterocycles. The molecule has 3 N–H and O–H groups in total. The molecule has 6 nitrogen and oxygen atoms in total. The summed E-state index contributed by atoms with van der Waals surface area (Å²) in [5.41, 5.74) is -0.352. The van der Waals surface area contributed by atoms with Crippen LogP contribution in [0.2, 0.25) is 0 Å². The minimum atomic E-state index is -0.352. The lowest BCUT2D eigenvalue weighted by molar-refractivity contribution is -0.128. The first-order chi connectivity index (χ1) is 11.4. The predicted octanol–water partition coefficient (Wildman–Crippen LogP) is 2.05. The summed E-state index contributed by atoms with van der Waals surface area (Å²) in [4.78, 5) is 15.9. The van der Waals surface area contributed by atoms with Crippen molar-refractivity contribution in [2.24, 2.45) is 10.4 Å². The molecule has 0 heterocycles. The Labute approximate surface area is 147 Å². The van der Waals surface area contributed by atoms with E-state index in [1.165, 1.54) is 38.5 Å². The molecule has 0 aromatic carbocycles. The third-order valence-electron chi connectivity index (χ3n) is 4.16. The Balaban J connectivity index is 2.09. The van der Waals surface area contributed by atoms with Crippen molar-refractivity contribution in [1.82, 2.24) is 16.0 Å². The Hall–Kier alpha value is -1.30. The first kappa shape index (κ1) is 20.7. The average molecular weight is 341 g/mol. The van der Waals surface area contributed by atoms with Gasteiger partial charge in [0.05, 0.1) is 12.7 Å². The number of aliphatic imine (C=N–C) groups is 1. The number of nitrogens with zero attached hydrogens (tertiary/aromatic N) is 1. The van der Waals surface area contributed by atoms with E-state index in [2.05, 4.69) is 20.9 Å². The number of carbonyl (C=O) groups is 1. The molecule has 0 aromatic rings. The maximum Gasteiger partial charge on any atom is 0.225 e. The van der Waals surface area contributed by atoms with Crippen LogP contribution in [0.5, 0.6) is 0 Å². The highest BCUT2D eigenvalue weighted by Crippen LogP contribution is 2.19. The fourth-order valence-corrected chi connectivity index (χ4v) is 2.65. The Morgan fingerprint density at radius 1 is 1.00 bits per heavy atom. The van der Waals surface area contributed by atoms with Crippen LogP contribution in [0.25, 0.3) is 0 Å². The SMILES string of the molecule is CN=C(NCCNC(=O)C(C)(C)C)NCCOC1CCCCCC1. The topological polar surface area (TPSA) is 74.8 Å². The van der Waals surface area contributed by atoms with Crippen molar-refractivity contribution in [3.63, 3.8) is 0 Å². The van der Waals surface area contributed by atoms with Crippen molar-refractivity contribution in [3.8, 4) is 0 Å². The van der Waals surface area contributed by atoms with E-state index in [4.69, 9.17) is 4.74 Å². The first-order valence-electron chi connectivity index (χ1n) is 9.28. The van der Waals surface area contributed by atoms with Crippen LogP contribution < -0.4 is 16.0 Å². The molecule has 0 bridgehead atoms. The maximum absolute atomic E-state index is 11.8. The largest absolute Gasteiger partial charge is 0.376 e. The van der Waals surface area contributed by atoms with Crippen molar-refractivity contribution in [2.75, 3.05) is 33.3 Å². The van der Waals surface area contributed by atoms with Crippen LogP contribution in [0, 0.1) is 5.41 Å². The molecule has 1 amide bonds. The molecular formula is C18H36N4O2. The molecule has 1 fully saturated rings. The molecule has 0 saturated heterocycles. The Bertz CT molecular complexity index is 383. The zero-order valence-corrected chi connectivity index (χ0v) is 15.9. The molecule has 1 saturated carbocycles. The predicted molar refractivity (Wildman–Crippen MR) is 99.3 cm³/mol. The second-order valence-corrected chi connectivity index (χ2v) is 7.42. The number of guanidine groups is 1. The van der Waals surface area contributed by atoms with Crippen LogP contribution in [0.3, 0.4) is 0 Å². The van der Waals surface area contributed by atoms with Gasteiger partial charge in [0.25, 0.3) is 0 Å². The van der Waals surface area contributed by atoms with Crippen LogP contribution in [0.1, 0.15) is 59.3 Å². The second-order valence-electron chi connectivity index (χ2n) is 7.42. The summed E-state index contributed by atoms with van der Waals surface area (Å²) in [7, 11) is 1.75. The van der Waals surface area contributed by atoms with Crippen LogP contribution in [-0.4, -0.2) is 51.3 Å². The molecule has 140 valence electrons. The van der Waals surface area contributed by atoms with E-state index in [1.54, 1.807) is 7.05 Å². The number of rotatable bonds is 7. The maximum atomic E-state index is 11.8. The van der Waals surface area contributed by atoms with Gasteiger partial charge < -0.3 is 20.7 Å². The summed E-state index contributed by atoms with van der Waals surface area (Å²) in [6.07, 6.45) is 8.10. The number of carbonyl (C=O) groups excluding carboxylic acids is 1. The van der Waals surface area contributed by atoms with Gasteiger partial charge in [-0.15, -0.1) is 0 Å². The molecule has 0 unspecified atom stereocenters. The van der Waals surface area contributed by atoms with Crippen LogP contribution in [0.15, 0.2) is 4.99 Å². The van der Waals surface area contributed by atoms with Gasteiger partial charge >= 0.3 is 0 Å². The Morgan fingerprint density at radius 3 is 2.17 bits per heavy atom. The molecule has 0 aliphatic heterocycles. The van der Waals surface area contributed by atoms with E-state index in [-0.39, 0.29) is 11.3 Å². The lowest BCUT2D eigenvalue weighted by atomic mass is 9.96. The monoisotopic (exact) mass is 340 g/mol. The summed E-state index contributed by atoms with van der Waals surface area (Å²) in [5.74, 6) is 0.800. The van der Waals surface area contributed by atoms with E-state index in [9.17, 15) is 4.79 Å². The van der Waals surface area contributed by atoms with Gasteiger partial charge in [0, 0.05) is 32.1 Å². The van der Waals surface area contributed by atoms with Crippen molar-refractivity contribution in [3.05, 3.63) is 0 Å². The van der Waals surface area contributed by atoms with Crippen molar-refractivity contribution >= 4 is 11.9 Å². The number of ether oxygens (including phenoxy) is 1.